The van der Waals surface area contributed by atoms with Crippen molar-refractivity contribution in [3.05, 3.63) is 29.8 Å². The number of carboxylic acid groups (broad SMARTS) is 1. The van der Waals surface area contributed by atoms with Crippen LogP contribution in [0.1, 0.15) is 45.0 Å². The Morgan fingerprint density at radius 1 is 1.17 bits per heavy atom. The first-order valence-electron chi connectivity index (χ1n) is 7.46. The van der Waals surface area contributed by atoms with Gasteiger partial charge in [0, 0.05) is 0 Å². The van der Waals surface area contributed by atoms with Gasteiger partial charge in [0.2, 0.25) is 0 Å². The molecule has 0 saturated carbocycles. The second-order valence-electron chi connectivity index (χ2n) is 6.74. The zero-order chi connectivity index (χ0) is 18.7. The fourth-order valence-corrected chi connectivity index (χ4v) is 1.97. The van der Waals surface area contributed by atoms with E-state index in [0.717, 1.165) is 0 Å². The van der Waals surface area contributed by atoms with Crippen LogP contribution in [0.15, 0.2) is 24.3 Å². The predicted octanol–water partition coefficient (Wildman–Crippen LogP) is 3.77. The van der Waals surface area contributed by atoms with Gasteiger partial charge in [-0.1, -0.05) is 19.9 Å². The topological polar surface area (TPSA) is 72.8 Å². The van der Waals surface area contributed by atoms with Gasteiger partial charge in [-0.2, -0.15) is 8.78 Å². The number of carboxylic acids is 1. The summed E-state index contributed by atoms with van der Waals surface area (Å²) in [5.74, 6) is -8.05. The molecule has 1 unspecified atom stereocenters. The molecule has 1 N–H and O–H groups in total. The maximum atomic E-state index is 13.7. The number of rotatable bonds is 6. The molecule has 0 amide bonds. The molecule has 0 aliphatic rings. The summed E-state index contributed by atoms with van der Waals surface area (Å²) in [5, 5.41) is 8.65. The van der Waals surface area contributed by atoms with E-state index in [4.69, 9.17) is 14.6 Å². The number of carbonyl (C=O) groups excluding carboxylic acids is 1. The highest BCUT2D eigenvalue weighted by Crippen LogP contribution is 2.29. The number of esters is 1. The lowest BCUT2D eigenvalue weighted by atomic mass is 10.0. The molecule has 0 radical (unpaired) electrons. The Balaban J connectivity index is 3.01. The molecule has 0 heterocycles. The molecular weight excluding hydrogens is 322 g/mol. The fourth-order valence-electron chi connectivity index (χ4n) is 1.97. The van der Waals surface area contributed by atoms with E-state index in [9.17, 15) is 18.4 Å². The summed E-state index contributed by atoms with van der Waals surface area (Å²) in [6.45, 7) is 8.17. The van der Waals surface area contributed by atoms with Crippen LogP contribution in [0, 0.1) is 5.92 Å². The summed E-state index contributed by atoms with van der Waals surface area (Å²) in [6, 6.07) is 5.89. The maximum Gasteiger partial charge on any atom is 0.378 e. The second-order valence-corrected chi connectivity index (χ2v) is 6.74. The summed E-state index contributed by atoms with van der Waals surface area (Å²) in [6.07, 6.45) is -2.07. The Hall–Kier alpha value is -2.18. The highest BCUT2D eigenvalue weighted by atomic mass is 19.3. The Morgan fingerprint density at radius 2 is 1.75 bits per heavy atom. The van der Waals surface area contributed by atoms with Gasteiger partial charge in [0.25, 0.3) is 0 Å². The normalized spacial score (nSPS) is 13.5. The van der Waals surface area contributed by atoms with Crippen molar-refractivity contribution < 1.29 is 33.0 Å². The van der Waals surface area contributed by atoms with Crippen LogP contribution < -0.4 is 4.74 Å². The summed E-state index contributed by atoms with van der Waals surface area (Å²) in [4.78, 5) is 22.9. The average molecular weight is 344 g/mol. The molecule has 0 saturated heterocycles. The monoisotopic (exact) mass is 344 g/mol. The zero-order valence-corrected chi connectivity index (χ0v) is 14.3. The molecule has 7 heteroatoms. The quantitative estimate of drug-likeness (QED) is 0.796. The van der Waals surface area contributed by atoms with Crippen molar-refractivity contribution in [2.75, 3.05) is 0 Å². The first-order valence-corrected chi connectivity index (χ1v) is 7.46. The number of carbonyl (C=O) groups is 2. The summed E-state index contributed by atoms with van der Waals surface area (Å²) in [5.41, 5.74) is -0.497. The Kier molecular flexibility index (Phi) is 5.92. The van der Waals surface area contributed by atoms with Gasteiger partial charge in [-0.05, 0) is 44.9 Å². The number of hydrogen-bond donors (Lipinski definition) is 1. The Labute approximate surface area is 139 Å². The molecule has 134 valence electrons. The van der Waals surface area contributed by atoms with E-state index in [1.165, 1.54) is 32.0 Å². The van der Waals surface area contributed by atoms with Crippen molar-refractivity contribution >= 4 is 11.9 Å². The van der Waals surface area contributed by atoms with Gasteiger partial charge in [0.1, 0.15) is 11.4 Å². The first-order chi connectivity index (χ1) is 10.8. The van der Waals surface area contributed by atoms with Crippen LogP contribution in [0.25, 0.3) is 0 Å². The summed E-state index contributed by atoms with van der Waals surface area (Å²) >= 11 is 0. The van der Waals surface area contributed by atoms with Crippen molar-refractivity contribution in [1.82, 2.24) is 0 Å². The van der Waals surface area contributed by atoms with Crippen LogP contribution in [0.3, 0.4) is 0 Å². The van der Waals surface area contributed by atoms with Gasteiger partial charge in [-0.15, -0.1) is 0 Å². The van der Waals surface area contributed by atoms with Crippen molar-refractivity contribution in [2.24, 2.45) is 5.92 Å². The van der Waals surface area contributed by atoms with E-state index in [2.05, 4.69) is 0 Å². The van der Waals surface area contributed by atoms with E-state index in [1.54, 1.807) is 6.07 Å². The van der Waals surface area contributed by atoms with Crippen molar-refractivity contribution in [3.63, 3.8) is 0 Å². The highest BCUT2D eigenvalue weighted by molar-refractivity contribution is 5.90. The van der Waals surface area contributed by atoms with Gasteiger partial charge >= 0.3 is 17.9 Å². The average Bonchev–Trinajstić information content (AvgIpc) is 2.42. The van der Waals surface area contributed by atoms with E-state index in [-0.39, 0.29) is 5.56 Å². The number of hydrogen-bond acceptors (Lipinski definition) is 4. The van der Waals surface area contributed by atoms with Crippen molar-refractivity contribution in [3.8, 4) is 5.75 Å². The molecule has 0 bridgehead atoms. The minimum absolute atomic E-state index is 0.00332. The van der Waals surface area contributed by atoms with Gasteiger partial charge in [0.15, 0.2) is 6.10 Å². The molecule has 1 atom stereocenters. The van der Waals surface area contributed by atoms with Crippen molar-refractivity contribution in [1.29, 1.82) is 0 Å². The fraction of sp³-hybridized carbons (Fsp3) is 0.529. The van der Waals surface area contributed by atoms with Gasteiger partial charge in [-0.25, -0.2) is 9.59 Å². The molecule has 24 heavy (non-hydrogen) atoms. The van der Waals surface area contributed by atoms with Crippen LogP contribution in [-0.4, -0.2) is 34.7 Å². The largest absolute Gasteiger partial charge is 0.488 e. The third-order valence-corrected chi connectivity index (χ3v) is 2.98. The van der Waals surface area contributed by atoms with Crippen LogP contribution in [-0.2, 0) is 9.53 Å². The molecule has 5 nitrogen and oxygen atoms in total. The van der Waals surface area contributed by atoms with Crippen molar-refractivity contribution in [2.45, 2.75) is 52.2 Å². The molecule has 0 aromatic heterocycles. The smallest absolute Gasteiger partial charge is 0.378 e. The zero-order valence-electron chi connectivity index (χ0n) is 14.3. The van der Waals surface area contributed by atoms with E-state index < -0.39 is 35.5 Å². The van der Waals surface area contributed by atoms with E-state index in [1.807, 2.05) is 20.8 Å². The SMILES string of the molecule is CC(C)C(OC(=O)c1cccc(OC(C)(C)C)c1)C(F)(F)C(=O)O. The number of benzene rings is 1. The Bertz CT molecular complexity index is 605. The third kappa shape index (κ3) is 5.18. The minimum atomic E-state index is -4.18. The maximum absolute atomic E-state index is 13.7. The molecule has 0 aliphatic heterocycles. The van der Waals surface area contributed by atoms with Gasteiger partial charge < -0.3 is 14.6 Å². The highest BCUT2D eigenvalue weighted by Gasteiger charge is 2.51. The Morgan fingerprint density at radius 3 is 2.21 bits per heavy atom. The van der Waals surface area contributed by atoms with Gasteiger partial charge in [-0.3, -0.25) is 0 Å². The first kappa shape index (κ1) is 19.9. The van der Waals surface area contributed by atoms with E-state index >= 15 is 0 Å². The predicted molar refractivity (Wildman–Crippen MR) is 83.4 cm³/mol. The van der Waals surface area contributed by atoms with Crippen LogP contribution >= 0.6 is 0 Å². The molecule has 0 spiro atoms. The number of ether oxygens (including phenoxy) is 2. The summed E-state index contributed by atoms with van der Waals surface area (Å²) in [7, 11) is 0. The lowest BCUT2D eigenvalue weighted by Gasteiger charge is -2.26. The van der Waals surface area contributed by atoms with Crippen LogP contribution in [0.2, 0.25) is 0 Å². The van der Waals surface area contributed by atoms with Crippen LogP contribution in [0.5, 0.6) is 5.75 Å². The van der Waals surface area contributed by atoms with E-state index in [0.29, 0.717) is 5.75 Å². The number of halogens is 2. The molecular formula is C17H22F2O5. The minimum Gasteiger partial charge on any atom is -0.488 e. The second kappa shape index (κ2) is 7.15. The lowest BCUT2D eigenvalue weighted by molar-refractivity contribution is -0.187. The molecule has 0 aliphatic carbocycles. The third-order valence-electron chi connectivity index (χ3n) is 2.98. The van der Waals surface area contributed by atoms with Gasteiger partial charge in [0.05, 0.1) is 5.56 Å². The number of alkyl halides is 2. The van der Waals surface area contributed by atoms with Crippen LogP contribution in [0.4, 0.5) is 8.78 Å². The molecule has 1 rings (SSSR count). The molecule has 0 fully saturated rings. The molecule has 1 aromatic carbocycles. The summed E-state index contributed by atoms with van der Waals surface area (Å²) < 4.78 is 37.9. The molecule has 1 aromatic rings. The standard InChI is InChI=1S/C17H22F2O5/c1-10(2)13(17(18,19)15(21)22)23-14(20)11-7-6-8-12(9-11)24-16(3,4)5/h6-10,13H,1-5H3,(H,21,22). The number of aliphatic carboxylic acids is 1. The lowest BCUT2D eigenvalue weighted by Crippen LogP contribution is -2.47.